The zero-order chi connectivity index (χ0) is 17.5. The Hall–Kier alpha value is -0.610. The molecule has 0 amide bonds. The quantitative estimate of drug-likeness (QED) is 0.664. The van der Waals surface area contributed by atoms with E-state index < -0.39 is 0 Å². The van der Waals surface area contributed by atoms with Crippen molar-refractivity contribution in [2.45, 2.75) is 51.6 Å². The van der Waals surface area contributed by atoms with E-state index in [1.165, 1.54) is 5.56 Å². The van der Waals surface area contributed by atoms with Crippen molar-refractivity contribution in [3.63, 3.8) is 0 Å². The van der Waals surface area contributed by atoms with Crippen molar-refractivity contribution in [1.82, 2.24) is 5.32 Å². The first-order valence-corrected chi connectivity index (χ1v) is 9.41. The number of ether oxygens (including phenoxy) is 2. The molecule has 1 aromatic rings. The third kappa shape index (κ3) is 6.03. The highest BCUT2D eigenvalue weighted by Crippen LogP contribution is 2.44. The minimum atomic E-state index is -0.0600. The number of halogens is 1. The molecule has 0 saturated carbocycles. The summed E-state index contributed by atoms with van der Waals surface area (Å²) in [6, 6.07) is 8.25. The van der Waals surface area contributed by atoms with Crippen molar-refractivity contribution < 1.29 is 9.47 Å². The lowest BCUT2D eigenvalue weighted by Gasteiger charge is -2.45. The van der Waals surface area contributed by atoms with Gasteiger partial charge in [-0.15, -0.1) is 0 Å². The topological polar surface area (TPSA) is 30.5 Å². The van der Waals surface area contributed by atoms with Gasteiger partial charge in [-0.1, -0.05) is 29.8 Å². The van der Waals surface area contributed by atoms with Gasteiger partial charge >= 0.3 is 0 Å². The first kappa shape index (κ1) is 19.7. The Labute approximate surface area is 152 Å². The second-order valence-electron chi connectivity index (χ2n) is 7.65. The second-order valence-corrected chi connectivity index (χ2v) is 8.06. The molecule has 136 valence electrons. The van der Waals surface area contributed by atoms with Crippen LogP contribution in [0.3, 0.4) is 0 Å². The number of methoxy groups -OCH3 is 1. The average molecular weight is 354 g/mol. The van der Waals surface area contributed by atoms with E-state index >= 15 is 0 Å². The number of hydrogen-bond acceptors (Lipinski definition) is 3. The summed E-state index contributed by atoms with van der Waals surface area (Å²) in [5.41, 5.74) is 1.45. The predicted octanol–water partition coefficient (Wildman–Crippen LogP) is 4.47. The van der Waals surface area contributed by atoms with Crippen molar-refractivity contribution >= 4 is 11.6 Å². The van der Waals surface area contributed by atoms with E-state index in [2.05, 4.69) is 31.3 Å². The molecule has 0 aliphatic carbocycles. The van der Waals surface area contributed by atoms with Crippen LogP contribution >= 0.6 is 11.6 Å². The molecular formula is C20H32ClNO2. The van der Waals surface area contributed by atoms with Gasteiger partial charge in [0.25, 0.3) is 0 Å². The molecule has 1 unspecified atom stereocenters. The van der Waals surface area contributed by atoms with Crippen LogP contribution in [0.4, 0.5) is 0 Å². The molecule has 1 aliphatic heterocycles. The Bertz CT molecular complexity index is 506. The Morgan fingerprint density at radius 2 is 2.04 bits per heavy atom. The van der Waals surface area contributed by atoms with Crippen LogP contribution < -0.4 is 5.32 Å². The zero-order valence-electron chi connectivity index (χ0n) is 15.4. The van der Waals surface area contributed by atoms with Gasteiger partial charge in [0, 0.05) is 25.3 Å². The van der Waals surface area contributed by atoms with E-state index in [9.17, 15) is 0 Å². The molecule has 1 aliphatic rings. The molecule has 1 heterocycles. The van der Waals surface area contributed by atoms with Gasteiger partial charge < -0.3 is 14.8 Å². The monoisotopic (exact) mass is 353 g/mol. The van der Waals surface area contributed by atoms with Crippen LogP contribution in [0.1, 0.15) is 45.1 Å². The minimum absolute atomic E-state index is 0.0600. The molecule has 1 aromatic carbocycles. The third-order valence-corrected chi connectivity index (χ3v) is 5.35. The van der Waals surface area contributed by atoms with Crippen LogP contribution in [-0.2, 0) is 15.9 Å². The van der Waals surface area contributed by atoms with Crippen molar-refractivity contribution in [2.24, 2.45) is 5.41 Å². The van der Waals surface area contributed by atoms with Crippen molar-refractivity contribution in [3.05, 3.63) is 34.9 Å². The Balaban J connectivity index is 2.00. The van der Waals surface area contributed by atoms with Gasteiger partial charge in [0.2, 0.25) is 0 Å². The summed E-state index contributed by atoms with van der Waals surface area (Å²) in [6.45, 7) is 8.11. The molecule has 24 heavy (non-hydrogen) atoms. The molecule has 0 radical (unpaired) electrons. The smallest absolute Gasteiger partial charge is 0.0631 e. The molecule has 0 aromatic heterocycles. The van der Waals surface area contributed by atoms with E-state index in [1.807, 2.05) is 12.1 Å². The minimum Gasteiger partial charge on any atom is -0.385 e. The van der Waals surface area contributed by atoms with Crippen LogP contribution in [-0.4, -0.2) is 39.0 Å². The van der Waals surface area contributed by atoms with Crippen molar-refractivity contribution in [1.29, 1.82) is 0 Å². The molecule has 1 N–H and O–H groups in total. The van der Waals surface area contributed by atoms with Gasteiger partial charge in [-0.3, -0.25) is 0 Å². The molecule has 1 fully saturated rings. The summed E-state index contributed by atoms with van der Waals surface area (Å²) in [7, 11) is 1.75. The normalized spacial score (nSPS) is 23.3. The Kier molecular flexibility index (Phi) is 7.55. The molecule has 4 heteroatoms. The summed E-state index contributed by atoms with van der Waals surface area (Å²) in [4.78, 5) is 0. The van der Waals surface area contributed by atoms with Gasteiger partial charge in [0.15, 0.2) is 0 Å². The number of rotatable bonds is 9. The summed E-state index contributed by atoms with van der Waals surface area (Å²) in [5.74, 6) is 0. The van der Waals surface area contributed by atoms with E-state index in [0.717, 1.165) is 63.4 Å². The Morgan fingerprint density at radius 3 is 2.75 bits per heavy atom. The summed E-state index contributed by atoms with van der Waals surface area (Å²) in [5, 5.41) is 4.45. The van der Waals surface area contributed by atoms with Crippen molar-refractivity contribution in [2.75, 3.05) is 33.4 Å². The number of hydrogen-bond donors (Lipinski definition) is 1. The standard InChI is InChI=1S/C20H32ClNO2/c1-19(2)16-20(10-14-24-19,9-12-22-11-6-13-23-3)15-17-7-4-5-8-18(17)21/h4-5,7-8,22H,6,9-16H2,1-3H3. The van der Waals surface area contributed by atoms with Gasteiger partial charge in [-0.25, -0.2) is 0 Å². The van der Waals surface area contributed by atoms with E-state index in [1.54, 1.807) is 7.11 Å². The molecular weight excluding hydrogens is 322 g/mol. The fourth-order valence-electron chi connectivity index (χ4n) is 3.90. The maximum Gasteiger partial charge on any atom is 0.0631 e. The Morgan fingerprint density at radius 1 is 1.25 bits per heavy atom. The second kappa shape index (κ2) is 9.19. The van der Waals surface area contributed by atoms with Crippen LogP contribution in [0.2, 0.25) is 5.02 Å². The highest BCUT2D eigenvalue weighted by molar-refractivity contribution is 6.31. The summed E-state index contributed by atoms with van der Waals surface area (Å²) < 4.78 is 11.1. The largest absolute Gasteiger partial charge is 0.385 e. The van der Waals surface area contributed by atoms with Crippen LogP contribution in [0.15, 0.2) is 24.3 Å². The maximum absolute atomic E-state index is 6.43. The lowest BCUT2D eigenvalue weighted by molar-refractivity contribution is -0.107. The molecule has 3 nitrogen and oxygen atoms in total. The molecule has 0 bridgehead atoms. The summed E-state index contributed by atoms with van der Waals surface area (Å²) in [6.07, 6.45) is 5.41. The number of nitrogens with one attached hydrogen (secondary N) is 1. The fourth-order valence-corrected chi connectivity index (χ4v) is 4.11. The van der Waals surface area contributed by atoms with E-state index in [0.29, 0.717) is 0 Å². The molecule has 0 spiro atoms. The van der Waals surface area contributed by atoms with Crippen LogP contribution in [0, 0.1) is 5.41 Å². The predicted molar refractivity (Wildman–Crippen MR) is 101 cm³/mol. The first-order chi connectivity index (χ1) is 11.5. The highest BCUT2D eigenvalue weighted by Gasteiger charge is 2.40. The van der Waals surface area contributed by atoms with Gasteiger partial charge in [0.05, 0.1) is 5.60 Å². The van der Waals surface area contributed by atoms with E-state index in [-0.39, 0.29) is 11.0 Å². The molecule has 2 rings (SSSR count). The molecule has 1 saturated heterocycles. The summed E-state index contributed by atoms with van der Waals surface area (Å²) >= 11 is 6.43. The lowest BCUT2D eigenvalue weighted by atomic mass is 9.68. The van der Waals surface area contributed by atoms with Gasteiger partial charge in [0.1, 0.15) is 0 Å². The third-order valence-electron chi connectivity index (χ3n) is 4.98. The van der Waals surface area contributed by atoms with Crippen molar-refractivity contribution in [3.8, 4) is 0 Å². The van der Waals surface area contributed by atoms with Crippen LogP contribution in [0.5, 0.6) is 0 Å². The number of benzene rings is 1. The lowest BCUT2D eigenvalue weighted by Crippen LogP contribution is -2.44. The average Bonchev–Trinajstić information content (AvgIpc) is 2.52. The fraction of sp³-hybridized carbons (Fsp3) is 0.700. The zero-order valence-corrected chi connectivity index (χ0v) is 16.1. The van der Waals surface area contributed by atoms with Gasteiger partial charge in [-0.05, 0) is 76.1 Å². The van der Waals surface area contributed by atoms with Crippen LogP contribution in [0.25, 0.3) is 0 Å². The first-order valence-electron chi connectivity index (χ1n) is 9.03. The molecule has 1 atom stereocenters. The van der Waals surface area contributed by atoms with Gasteiger partial charge in [-0.2, -0.15) is 0 Å². The maximum atomic E-state index is 6.43. The van der Waals surface area contributed by atoms with E-state index in [4.69, 9.17) is 21.1 Å². The SMILES string of the molecule is COCCCNCCC1(Cc2ccccc2Cl)CCOC(C)(C)C1. The highest BCUT2D eigenvalue weighted by atomic mass is 35.5.